The molecule has 0 saturated carbocycles. The number of nitrogens with zero attached hydrogens (tertiary/aromatic N) is 1. The summed E-state index contributed by atoms with van der Waals surface area (Å²) in [5, 5.41) is 4.02. The average Bonchev–Trinajstić information content (AvgIpc) is 2.59. The van der Waals surface area contributed by atoms with E-state index in [2.05, 4.69) is 9.69 Å². The van der Waals surface area contributed by atoms with E-state index in [9.17, 15) is 4.39 Å². The van der Waals surface area contributed by atoms with Gasteiger partial charge >= 0.3 is 0 Å². The van der Waals surface area contributed by atoms with Gasteiger partial charge in [-0.3, -0.25) is 0 Å². The van der Waals surface area contributed by atoms with E-state index >= 15 is 0 Å². The Morgan fingerprint density at radius 2 is 2.19 bits per heavy atom. The van der Waals surface area contributed by atoms with Crippen molar-refractivity contribution in [2.75, 3.05) is 11.1 Å². The number of aromatic nitrogens is 1. The van der Waals surface area contributed by atoms with E-state index in [4.69, 9.17) is 5.73 Å². The standard InChI is InChI=1S/C11H12FN3S/c1-7-10(13)15-16-11(7)14-6-8-4-2-3-5-9(8)12/h2-5,14H,6H2,1H3,(H2,13,15). The third-order valence-corrected chi connectivity index (χ3v) is 3.28. The van der Waals surface area contributed by atoms with Crippen molar-refractivity contribution in [3.63, 3.8) is 0 Å². The van der Waals surface area contributed by atoms with Crippen LogP contribution in [0.1, 0.15) is 11.1 Å². The molecule has 16 heavy (non-hydrogen) atoms. The smallest absolute Gasteiger partial charge is 0.142 e. The van der Waals surface area contributed by atoms with Crippen LogP contribution in [0.4, 0.5) is 15.2 Å². The molecular weight excluding hydrogens is 225 g/mol. The zero-order chi connectivity index (χ0) is 11.5. The number of hydrogen-bond donors (Lipinski definition) is 2. The van der Waals surface area contributed by atoms with Gasteiger partial charge in [-0.15, -0.1) is 0 Å². The third-order valence-electron chi connectivity index (χ3n) is 2.36. The maximum atomic E-state index is 13.3. The molecule has 0 aliphatic heterocycles. The summed E-state index contributed by atoms with van der Waals surface area (Å²) < 4.78 is 17.3. The molecule has 0 spiro atoms. The van der Waals surface area contributed by atoms with Gasteiger partial charge in [0.15, 0.2) is 0 Å². The molecule has 0 bridgehead atoms. The molecule has 0 aliphatic rings. The van der Waals surface area contributed by atoms with Crippen molar-refractivity contribution < 1.29 is 4.39 Å². The quantitative estimate of drug-likeness (QED) is 0.863. The van der Waals surface area contributed by atoms with Gasteiger partial charge in [-0.2, -0.15) is 4.37 Å². The second kappa shape index (κ2) is 4.49. The molecule has 0 saturated heterocycles. The van der Waals surface area contributed by atoms with Crippen molar-refractivity contribution >= 4 is 22.4 Å². The second-order valence-electron chi connectivity index (χ2n) is 3.47. The molecule has 3 nitrogen and oxygen atoms in total. The van der Waals surface area contributed by atoms with Crippen molar-refractivity contribution in [1.82, 2.24) is 4.37 Å². The van der Waals surface area contributed by atoms with Gasteiger partial charge in [0.1, 0.15) is 16.6 Å². The van der Waals surface area contributed by atoms with Gasteiger partial charge in [0.2, 0.25) is 0 Å². The molecule has 5 heteroatoms. The first-order chi connectivity index (χ1) is 7.68. The number of benzene rings is 1. The Morgan fingerprint density at radius 1 is 1.44 bits per heavy atom. The van der Waals surface area contributed by atoms with Crippen molar-refractivity contribution in [2.45, 2.75) is 13.5 Å². The van der Waals surface area contributed by atoms with Gasteiger partial charge in [0.05, 0.1) is 0 Å². The fourth-order valence-electron chi connectivity index (χ4n) is 1.33. The number of nitrogen functional groups attached to an aromatic ring is 1. The zero-order valence-electron chi connectivity index (χ0n) is 8.83. The summed E-state index contributed by atoms with van der Waals surface area (Å²) in [6.45, 7) is 2.33. The second-order valence-corrected chi connectivity index (χ2v) is 4.24. The van der Waals surface area contributed by atoms with Gasteiger partial charge in [0, 0.05) is 17.7 Å². The molecule has 1 aromatic heterocycles. The Balaban J connectivity index is 2.08. The van der Waals surface area contributed by atoms with Gasteiger partial charge in [-0.05, 0) is 24.5 Å². The van der Waals surface area contributed by atoms with E-state index in [1.165, 1.54) is 17.6 Å². The fourth-order valence-corrected chi connectivity index (χ4v) is 2.03. The molecule has 0 fully saturated rings. The summed E-state index contributed by atoms with van der Waals surface area (Å²) in [5.41, 5.74) is 7.18. The fraction of sp³-hybridized carbons (Fsp3) is 0.182. The predicted octanol–water partition coefficient (Wildman–Crippen LogP) is 2.78. The number of nitrogens with two attached hydrogens (primary N) is 1. The molecule has 2 aromatic rings. The number of anilines is 2. The van der Waals surface area contributed by atoms with E-state index in [0.29, 0.717) is 17.9 Å². The molecule has 0 atom stereocenters. The lowest BCUT2D eigenvalue weighted by molar-refractivity contribution is 0.613. The Morgan fingerprint density at radius 3 is 2.81 bits per heavy atom. The molecule has 1 heterocycles. The van der Waals surface area contributed by atoms with Gasteiger partial charge in [0.25, 0.3) is 0 Å². The van der Waals surface area contributed by atoms with Crippen LogP contribution >= 0.6 is 11.5 Å². The predicted molar refractivity (Wildman–Crippen MR) is 65.0 cm³/mol. The highest BCUT2D eigenvalue weighted by Crippen LogP contribution is 2.25. The van der Waals surface area contributed by atoms with Crippen molar-refractivity contribution in [2.24, 2.45) is 0 Å². The summed E-state index contributed by atoms with van der Waals surface area (Å²) in [6, 6.07) is 6.69. The first-order valence-corrected chi connectivity index (χ1v) is 5.65. The van der Waals surface area contributed by atoms with Crippen molar-refractivity contribution in [3.8, 4) is 0 Å². The topological polar surface area (TPSA) is 50.9 Å². The van der Waals surface area contributed by atoms with Crippen molar-refractivity contribution in [1.29, 1.82) is 0 Å². The Labute approximate surface area is 97.3 Å². The van der Waals surface area contributed by atoms with E-state index in [1.54, 1.807) is 12.1 Å². The van der Waals surface area contributed by atoms with Gasteiger partial charge in [-0.25, -0.2) is 4.39 Å². The number of hydrogen-bond acceptors (Lipinski definition) is 4. The summed E-state index contributed by atoms with van der Waals surface area (Å²) in [5.74, 6) is 0.325. The molecule has 2 rings (SSSR count). The summed E-state index contributed by atoms with van der Waals surface area (Å²) >= 11 is 1.29. The van der Waals surface area contributed by atoms with Crippen LogP contribution in [-0.4, -0.2) is 4.37 Å². The minimum atomic E-state index is -0.204. The Hall–Kier alpha value is -1.62. The van der Waals surface area contributed by atoms with Crippen LogP contribution in [0.15, 0.2) is 24.3 Å². The Kier molecular flexibility index (Phi) is 3.05. The van der Waals surface area contributed by atoms with Crippen LogP contribution in [0.2, 0.25) is 0 Å². The normalized spacial score (nSPS) is 10.4. The van der Waals surface area contributed by atoms with Crippen LogP contribution in [0.3, 0.4) is 0 Å². The molecule has 0 unspecified atom stereocenters. The summed E-state index contributed by atoms with van der Waals surface area (Å²) in [6.07, 6.45) is 0. The van der Waals surface area contributed by atoms with E-state index < -0.39 is 0 Å². The molecule has 0 radical (unpaired) electrons. The average molecular weight is 237 g/mol. The lowest BCUT2D eigenvalue weighted by Gasteiger charge is -2.05. The highest BCUT2D eigenvalue weighted by molar-refractivity contribution is 7.10. The number of halogens is 1. The minimum absolute atomic E-state index is 0.204. The van der Waals surface area contributed by atoms with E-state index in [1.807, 2.05) is 13.0 Å². The lowest BCUT2D eigenvalue weighted by Crippen LogP contribution is -2.01. The third kappa shape index (κ3) is 2.14. The monoisotopic (exact) mass is 237 g/mol. The maximum absolute atomic E-state index is 13.3. The zero-order valence-corrected chi connectivity index (χ0v) is 9.64. The Bertz CT molecular complexity index is 496. The first-order valence-electron chi connectivity index (χ1n) is 4.87. The van der Waals surface area contributed by atoms with Crippen LogP contribution in [0.5, 0.6) is 0 Å². The van der Waals surface area contributed by atoms with Crippen molar-refractivity contribution in [3.05, 3.63) is 41.2 Å². The van der Waals surface area contributed by atoms with Crippen LogP contribution in [-0.2, 0) is 6.54 Å². The molecular formula is C11H12FN3S. The minimum Gasteiger partial charge on any atom is -0.383 e. The molecule has 0 amide bonds. The first kappa shape index (κ1) is 10.9. The SMILES string of the molecule is Cc1c(N)nsc1NCc1ccccc1F. The summed E-state index contributed by atoms with van der Waals surface area (Å²) in [4.78, 5) is 0. The van der Waals surface area contributed by atoms with Gasteiger partial charge in [-0.1, -0.05) is 18.2 Å². The van der Waals surface area contributed by atoms with E-state index in [-0.39, 0.29) is 5.82 Å². The molecule has 1 aromatic carbocycles. The van der Waals surface area contributed by atoms with Crippen LogP contribution < -0.4 is 11.1 Å². The molecule has 0 aliphatic carbocycles. The highest BCUT2D eigenvalue weighted by atomic mass is 32.1. The van der Waals surface area contributed by atoms with E-state index in [0.717, 1.165) is 10.6 Å². The highest BCUT2D eigenvalue weighted by Gasteiger charge is 2.07. The number of rotatable bonds is 3. The summed E-state index contributed by atoms with van der Waals surface area (Å²) in [7, 11) is 0. The molecule has 84 valence electrons. The van der Waals surface area contributed by atoms with Gasteiger partial charge < -0.3 is 11.1 Å². The largest absolute Gasteiger partial charge is 0.383 e. The number of nitrogens with one attached hydrogen (secondary N) is 1. The molecule has 3 N–H and O–H groups in total. The van der Waals surface area contributed by atoms with Crippen LogP contribution in [0, 0.1) is 12.7 Å². The maximum Gasteiger partial charge on any atom is 0.142 e. The van der Waals surface area contributed by atoms with Crippen LogP contribution in [0.25, 0.3) is 0 Å². The lowest BCUT2D eigenvalue weighted by atomic mass is 10.2.